The molecule has 2 unspecified atom stereocenters. The molecule has 1 aromatic rings. The summed E-state index contributed by atoms with van der Waals surface area (Å²) in [6.07, 6.45) is 4.77. The van der Waals surface area contributed by atoms with Gasteiger partial charge in [-0.2, -0.15) is 0 Å². The van der Waals surface area contributed by atoms with Crippen LogP contribution in [0.1, 0.15) is 48.0 Å². The molecule has 1 aromatic carbocycles. The van der Waals surface area contributed by atoms with Crippen LogP contribution in [0.5, 0.6) is 0 Å². The Hall–Kier alpha value is -1.64. The van der Waals surface area contributed by atoms with Crippen molar-refractivity contribution in [1.82, 2.24) is 4.90 Å². The van der Waals surface area contributed by atoms with Crippen LogP contribution in [0.4, 0.5) is 0 Å². The fraction of sp³-hybridized carbons (Fsp3) is 0.500. The van der Waals surface area contributed by atoms with Gasteiger partial charge in [-0.3, -0.25) is 14.5 Å². The highest BCUT2D eigenvalue weighted by atomic mass is 16.2. The average Bonchev–Trinajstić information content (AvgIpc) is 2.87. The van der Waals surface area contributed by atoms with Crippen molar-refractivity contribution in [2.45, 2.75) is 45.1 Å². The minimum absolute atomic E-state index is 0.00808. The fourth-order valence-corrected chi connectivity index (χ4v) is 3.41. The molecular formula is C16H19NO2. The lowest BCUT2D eigenvalue weighted by molar-refractivity contribution is -0.134. The predicted octanol–water partition coefficient (Wildman–Crippen LogP) is 2.93. The summed E-state index contributed by atoms with van der Waals surface area (Å²) in [6.45, 7) is 1.99. The van der Waals surface area contributed by atoms with Gasteiger partial charge in [-0.15, -0.1) is 0 Å². The molecule has 0 radical (unpaired) electrons. The van der Waals surface area contributed by atoms with Gasteiger partial charge in [0.25, 0.3) is 5.91 Å². The van der Waals surface area contributed by atoms with Gasteiger partial charge in [0.05, 0.1) is 0 Å². The van der Waals surface area contributed by atoms with Crippen LogP contribution >= 0.6 is 0 Å². The van der Waals surface area contributed by atoms with Crippen LogP contribution in [0.25, 0.3) is 0 Å². The number of benzene rings is 1. The van der Waals surface area contributed by atoms with E-state index in [1.54, 1.807) is 4.90 Å². The molecule has 2 atom stereocenters. The monoisotopic (exact) mass is 257 g/mol. The Morgan fingerprint density at radius 2 is 1.89 bits per heavy atom. The van der Waals surface area contributed by atoms with Crippen LogP contribution < -0.4 is 0 Å². The third-order valence-electron chi connectivity index (χ3n) is 4.47. The molecule has 3 rings (SSSR count). The second-order valence-corrected chi connectivity index (χ2v) is 5.73. The molecule has 0 N–H and O–H groups in total. The summed E-state index contributed by atoms with van der Waals surface area (Å²) < 4.78 is 0. The third-order valence-corrected chi connectivity index (χ3v) is 4.47. The normalized spacial score (nSPS) is 26.4. The van der Waals surface area contributed by atoms with Crippen molar-refractivity contribution in [2.75, 3.05) is 0 Å². The highest BCUT2D eigenvalue weighted by molar-refractivity contribution is 6.05. The molecule has 2 aliphatic rings. The molecule has 0 bridgehead atoms. The fourth-order valence-electron chi connectivity index (χ4n) is 3.41. The molecule has 1 saturated heterocycles. The lowest BCUT2D eigenvalue weighted by Gasteiger charge is -2.36. The number of fused-ring (bicyclic) bond motifs is 1. The molecule has 1 heterocycles. The zero-order valence-corrected chi connectivity index (χ0v) is 11.3. The van der Waals surface area contributed by atoms with E-state index in [2.05, 4.69) is 0 Å². The summed E-state index contributed by atoms with van der Waals surface area (Å²) in [5.41, 5.74) is 1.76. The molecule has 1 aliphatic heterocycles. The van der Waals surface area contributed by atoms with Crippen molar-refractivity contribution in [3.05, 3.63) is 35.4 Å². The van der Waals surface area contributed by atoms with E-state index >= 15 is 0 Å². The molecule has 100 valence electrons. The smallest absolute Gasteiger partial charge is 0.260 e. The molecule has 3 heteroatoms. The van der Waals surface area contributed by atoms with Crippen molar-refractivity contribution in [3.63, 3.8) is 0 Å². The van der Waals surface area contributed by atoms with Crippen LogP contribution in [-0.4, -0.2) is 22.8 Å². The van der Waals surface area contributed by atoms with Gasteiger partial charge in [0.2, 0.25) is 5.91 Å². The zero-order valence-electron chi connectivity index (χ0n) is 11.3. The highest BCUT2D eigenvalue weighted by Crippen LogP contribution is 2.37. The standard InChI is InChI=1S/C16H19NO2/c1-11-5-7-13(8-6-11)16(19)17-14-4-2-3-12(14)9-10-15(17)18/h5-8,12,14H,2-4,9-10H2,1H3. The zero-order chi connectivity index (χ0) is 13.4. The Labute approximate surface area is 113 Å². The van der Waals surface area contributed by atoms with Gasteiger partial charge in [-0.25, -0.2) is 0 Å². The van der Waals surface area contributed by atoms with Gasteiger partial charge in [-0.05, 0) is 44.2 Å². The minimum atomic E-state index is -0.110. The predicted molar refractivity (Wildman–Crippen MR) is 72.7 cm³/mol. The molecular weight excluding hydrogens is 238 g/mol. The van der Waals surface area contributed by atoms with E-state index < -0.39 is 0 Å². The number of imide groups is 1. The third kappa shape index (κ3) is 2.18. The van der Waals surface area contributed by atoms with Crippen molar-refractivity contribution < 1.29 is 9.59 Å². The number of hydrogen-bond donors (Lipinski definition) is 0. The van der Waals surface area contributed by atoms with E-state index in [0.29, 0.717) is 17.9 Å². The van der Waals surface area contributed by atoms with Gasteiger partial charge in [0.15, 0.2) is 0 Å². The van der Waals surface area contributed by atoms with Crippen molar-refractivity contribution in [3.8, 4) is 0 Å². The molecule has 0 aromatic heterocycles. The van der Waals surface area contributed by atoms with Gasteiger partial charge in [-0.1, -0.05) is 24.1 Å². The first-order chi connectivity index (χ1) is 9.16. The first-order valence-corrected chi connectivity index (χ1v) is 7.10. The van der Waals surface area contributed by atoms with Crippen molar-refractivity contribution >= 4 is 11.8 Å². The first kappa shape index (κ1) is 12.4. The average molecular weight is 257 g/mol. The Morgan fingerprint density at radius 3 is 2.63 bits per heavy atom. The Bertz CT molecular complexity index is 506. The molecule has 3 nitrogen and oxygen atoms in total. The largest absolute Gasteiger partial charge is 0.275 e. The van der Waals surface area contributed by atoms with Crippen LogP contribution in [0.2, 0.25) is 0 Å². The van der Waals surface area contributed by atoms with E-state index in [0.717, 1.165) is 31.2 Å². The maximum atomic E-state index is 12.6. The van der Waals surface area contributed by atoms with E-state index in [1.807, 2.05) is 31.2 Å². The lowest BCUT2D eigenvalue weighted by atomic mass is 9.91. The van der Waals surface area contributed by atoms with E-state index in [4.69, 9.17) is 0 Å². The van der Waals surface area contributed by atoms with E-state index in [-0.39, 0.29) is 17.9 Å². The SMILES string of the molecule is Cc1ccc(C(=O)N2C(=O)CCC3CCCC32)cc1. The summed E-state index contributed by atoms with van der Waals surface area (Å²) in [7, 11) is 0. The first-order valence-electron chi connectivity index (χ1n) is 7.10. The second-order valence-electron chi connectivity index (χ2n) is 5.73. The maximum absolute atomic E-state index is 12.6. The molecule has 1 saturated carbocycles. The number of amides is 2. The lowest BCUT2D eigenvalue weighted by Crippen LogP contribution is -2.49. The minimum Gasteiger partial charge on any atom is -0.275 e. The Morgan fingerprint density at radius 1 is 1.16 bits per heavy atom. The number of rotatable bonds is 1. The molecule has 1 aliphatic carbocycles. The molecule has 19 heavy (non-hydrogen) atoms. The highest BCUT2D eigenvalue weighted by Gasteiger charge is 2.41. The quantitative estimate of drug-likeness (QED) is 0.725. The topological polar surface area (TPSA) is 37.4 Å². The van der Waals surface area contributed by atoms with Crippen molar-refractivity contribution in [1.29, 1.82) is 0 Å². The van der Waals surface area contributed by atoms with Crippen LogP contribution in [0, 0.1) is 12.8 Å². The summed E-state index contributed by atoms with van der Waals surface area (Å²) in [5, 5.41) is 0. The number of nitrogens with zero attached hydrogens (tertiary/aromatic N) is 1. The van der Waals surface area contributed by atoms with Crippen LogP contribution in [-0.2, 0) is 4.79 Å². The number of carbonyl (C=O) groups is 2. The van der Waals surface area contributed by atoms with Gasteiger partial charge in [0, 0.05) is 18.0 Å². The summed E-state index contributed by atoms with van der Waals surface area (Å²) >= 11 is 0. The van der Waals surface area contributed by atoms with Gasteiger partial charge >= 0.3 is 0 Å². The Kier molecular flexibility index (Phi) is 3.13. The molecule has 2 amide bonds. The van der Waals surface area contributed by atoms with Crippen molar-refractivity contribution in [2.24, 2.45) is 5.92 Å². The van der Waals surface area contributed by atoms with Gasteiger partial charge in [0.1, 0.15) is 0 Å². The van der Waals surface area contributed by atoms with Gasteiger partial charge < -0.3 is 0 Å². The summed E-state index contributed by atoms with van der Waals surface area (Å²) in [6, 6.07) is 7.64. The molecule has 0 spiro atoms. The number of hydrogen-bond acceptors (Lipinski definition) is 2. The number of likely N-dealkylation sites (tertiary alicyclic amines) is 1. The number of aryl methyl sites for hydroxylation is 1. The van der Waals surface area contributed by atoms with E-state index in [1.165, 1.54) is 0 Å². The summed E-state index contributed by atoms with van der Waals surface area (Å²) in [4.78, 5) is 26.2. The van der Waals surface area contributed by atoms with E-state index in [9.17, 15) is 9.59 Å². The molecule has 2 fully saturated rings. The van der Waals surface area contributed by atoms with Crippen LogP contribution in [0.15, 0.2) is 24.3 Å². The summed E-state index contributed by atoms with van der Waals surface area (Å²) in [5.74, 6) is 0.433. The second kappa shape index (κ2) is 4.80. The number of piperidine rings is 1. The maximum Gasteiger partial charge on any atom is 0.260 e. The Balaban J connectivity index is 1.88. The number of carbonyl (C=O) groups excluding carboxylic acids is 2. The van der Waals surface area contributed by atoms with Crippen LogP contribution in [0.3, 0.4) is 0 Å².